The molecule has 1 atom stereocenters. The van der Waals surface area contributed by atoms with E-state index in [4.69, 9.17) is 10.5 Å². The summed E-state index contributed by atoms with van der Waals surface area (Å²) in [6.45, 7) is 6.17. The zero-order valence-corrected chi connectivity index (χ0v) is 11.1. The standard InChI is InChI=1S/C13H21N3O2/c1-9(2)18-13-11(5-4-8-15-13)16-12(17)10(3)6-7-14/h4-5,8-10H,6-7,14H2,1-3H3,(H,16,17). The molecule has 1 rings (SSSR count). The molecule has 0 aromatic carbocycles. The summed E-state index contributed by atoms with van der Waals surface area (Å²) < 4.78 is 5.54. The van der Waals surface area contributed by atoms with E-state index in [-0.39, 0.29) is 17.9 Å². The molecule has 3 N–H and O–H groups in total. The molecule has 1 unspecified atom stereocenters. The Morgan fingerprint density at radius 3 is 2.83 bits per heavy atom. The van der Waals surface area contributed by atoms with Crippen LogP contribution >= 0.6 is 0 Å². The number of aromatic nitrogens is 1. The molecule has 5 nitrogen and oxygen atoms in total. The van der Waals surface area contributed by atoms with Crippen LogP contribution in [0, 0.1) is 5.92 Å². The van der Waals surface area contributed by atoms with Crippen molar-refractivity contribution >= 4 is 11.6 Å². The van der Waals surface area contributed by atoms with Gasteiger partial charge in [0.05, 0.1) is 6.10 Å². The summed E-state index contributed by atoms with van der Waals surface area (Å²) in [5, 5.41) is 2.82. The fourth-order valence-corrected chi connectivity index (χ4v) is 1.44. The Morgan fingerprint density at radius 2 is 2.22 bits per heavy atom. The second-order valence-corrected chi connectivity index (χ2v) is 4.49. The van der Waals surface area contributed by atoms with Crippen LogP contribution in [0.25, 0.3) is 0 Å². The lowest BCUT2D eigenvalue weighted by molar-refractivity contribution is -0.119. The van der Waals surface area contributed by atoms with E-state index >= 15 is 0 Å². The van der Waals surface area contributed by atoms with Crippen molar-refractivity contribution in [2.45, 2.75) is 33.3 Å². The molecule has 18 heavy (non-hydrogen) atoms. The number of hydrogen-bond acceptors (Lipinski definition) is 4. The van der Waals surface area contributed by atoms with Crippen LogP contribution < -0.4 is 15.8 Å². The molecule has 1 aromatic heterocycles. The molecule has 0 bridgehead atoms. The summed E-state index contributed by atoms with van der Waals surface area (Å²) in [7, 11) is 0. The van der Waals surface area contributed by atoms with E-state index in [0.29, 0.717) is 24.5 Å². The van der Waals surface area contributed by atoms with E-state index in [1.165, 1.54) is 0 Å². The molecule has 1 heterocycles. The fourth-order valence-electron chi connectivity index (χ4n) is 1.44. The van der Waals surface area contributed by atoms with Gasteiger partial charge in [0.2, 0.25) is 11.8 Å². The predicted octanol–water partition coefficient (Wildman–Crippen LogP) is 1.79. The number of carbonyl (C=O) groups excluding carboxylic acids is 1. The van der Waals surface area contributed by atoms with E-state index in [9.17, 15) is 4.79 Å². The molecule has 0 aliphatic carbocycles. The Labute approximate surface area is 108 Å². The van der Waals surface area contributed by atoms with Crippen LogP contribution in [0.3, 0.4) is 0 Å². The SMILES string of the molecule is CC(C)Oc1ncccc1NC(=O)C(C)CCN. The maximum Gasteiger partial charge on any atom is 0.238 e. The normalized spacial score (nSPS) is 12.3. The molecular formula is C13H21N3O2. The van der Waals surface area contributed by atoms with Gasteiger partial charge in [-0.2, -0.15) is 0 Å². The lowest BCUT2D eigenvalue weighted by Crippen LogP contribution is -2.23. The van der Waals surface area contributed by atoms with Crippen LogP contribution in [0.5, 0.6) is 5.88 Å². The Bertz CT molecular complexity index is 394. The first kappa shape index (κ1) is 14.4. The Hall–Kier alpha value is -1.62. The topological polar surface area (TPSA) is 77.2 Å². The Morgan fingerprint density at radius 1 is 1.50 bits per heavy atom. The summed E-state index contributed by atoms with van der Waals surface area (Å²) in [6.07, 6.45) is 2.31. The highest BCUT2D eigenvalue weighted by Gasteiger charge is 2.15. The third kappa shape index (κ3) is 4.33. The third-order valence-corrected chi connectivity index (χ3v) is 2.42. The first-order valence-electron chi connectivity index (χ1n) is 6.17. The van der Waals surface area contributed by atoms with Crippen LogP contribution in [0.4, 0.5) is 5.69 Å². The van der Waals surface area contributed by atoms with Gasteiger partial charge in [-0.25, -0.2) is 4.98 Å². The van der Waals surface area contributed by atoms with E-state index in [0.717, 1.165) is 0 Å². The number of nitrogens with one attached hydrogen (secondary N) is 1. The van der Waals surface area contributed by atoms with Crippen LogP contribution in [0.15, 0.2) is 18.3 Å². The number of anilines is 1. The number of rotatable bonds is 6. The second-order valence-electron chi connectivity index (χ2n) is 4.49. The molecule has 0 aliphatic rings. The molecule has 0 fully saturated rings. The monoisotopic (exact) mass is 251 g/mol. The smallest absolute Gasteiger partial charge is 0.238 e. The first-order chi connectivity index (χ1) is 8.54. The van der Waals surface area contributed by atoms with E-state index < -0.39 is 0 Å². The quantitative estimate of drug-likeness (QED) is 0.808. The average molecular weight is 251 g/mol. The number of pyridine rings is 1. The van der Waals surface area contributed by atoms with Crippen molar-refractivity contribution in [2.24, 2.45) is 11.7 Å². The van der Waals surface area contributed by atoms with Crippen molar-refractivity contribution in [2.75, 3.05) is 11.9 Å². The Kier molecular flexibility index (Phi) is 5.58. The maximum atomic E-state index is 11.9. The molecule has 1 aromatic rings. The van der Waals surface area contributed by atoms with Gasteiger partial charge >= 0.3 is 0 Å². The molecule has 100 valence electrons. The molecule has 0 spiro atoms. The molecule has 0 saturated carbocycles. The van der Waals surface area contributed by atoms with Crippen LogP contribution in [0.1, 0.15) is 27.2 Å². The molecule has 1 amide bonds. The zero-order valence-electron chi connectivity index (χ0n) is 11.1. The summed E-state index contributed by atoms with van der Waals surface area (Å²) in [5.74, 6) is 0.255. The second kappa shape index (κ2) is 6.96. The summed E-state index contributed by atoms with van der Waals surface area (Å²) >= 11 is 0. The minimum Gasteiger partial charge on any atom is -0.473 e. The van der Waals surface area contributed by atoms with E-state index in [1.807, 2.05) is 20.8 Å². The highest BCUT2D eigenvalue weighted by molar-refractivity contribution is 5.93. The number of carbonyl (C=O) groups is 1. The lowest BCUT2D eigenvalue weighted by Gasteiger charge is -2.15. The van der Waals surface area contributed by atoms with Gasteiger partial charge in [-0.1, -0.05) is 6.92 Å². The minimum absolute atomic E-state index is 0.0111. The van der Waals surface area contributed by atoms with Crippen molar-refractivity contribution in [1.29, 1.82) is 0 Å². The van der Waals surface area contributed by atoms with Crippen molar-refractivity contribution in [3.63, 3.8) is 0 Å². The van der Waals surface area contributed by atoms with Gasteiger partial charge in [-0.15, -0.1) is 0 Å². The third-order valence-electron chi connectivity index (χ3n) is 2.42. The van der Waals surface area contributed by atoms with Gasteiger partial charge in [-0.3, -0.25) is 4.79 Å². The van der Waals surface area contributed by atoms with Gasteiger partial charge in [0.1, 0.15) is 5.69 Å². The highest BCUT2D eigenvalue weighted by Crippen LogP contribution is 2.22. The number of nitrogens with zero attached hydrogens (tertiary/aromatic N) is 1. The largest absolute Gasteiger partial charge is 0.473 e. The summed E-state index contributed by atoms with van der Waals surface area (Å²) in [5.41, 5.74) is 6.04. The van der Waals surface area contributed by atoms with Gasteiger partial charge in [0.25, 0.3) is 0 Å². The number of hydrogen-bond donors (Lipinski definition) is 2. The summed E-state index contributed by atoms with van der Waals surface area (Å²) in [4.78, 5) is 16.0. The zero-order chi connectivity index (χ0) is 13.5. The van der Waals surface area contributed by atoms with Crippen LogP contribution in [0.2, 0.25) is 0 Å². The van der Waals surface area contributed by atoms with E-state index in [2.05, 4.69) is 10.3 Å². The number of amides is 1. The Balaban J connectivity index is 2.74. The van der Waals surface area contributed by atoms with Crippen molar-refractivity contribution in [3.05, 3.63) is 18.3 Å². The summed E-state index contributed by atoms with van der Waals surface area (Å²) in [6, 6.07) is 3.54. The van der Waals surface area contributed by atoms with Gasteiger partial charge < -0.3 is 15.8 Å². The lowest BCUT2D eigenvalue weighted by atomic mass is 10.1. The van der Waals surface area contributed by atoms with Crippen molar-refractivity contribution < 1.29 is 9.53 Å². The minimum atomic E-state index is -0.123. The molecule has 0 radical (unpaired) electrons. The van der Waals surface area contributed by atoms with Crippen molar-refractivity contribution in [3.8, 4) is 5.88 Å². The van der Waals surface area contributed by atoms with E-state index in [1.54, 1.807) is 18.3 Å². The van der Waals surface area contributed by atoms with Crippen molar-refractivity contribution in [1.82, 2.24) is 4.98 Å². The maximum absolute atomic E-state index is 11.9. The van der Waals surface area contributed by atoms with Gasteiger partial charge in [0, 0.05) is 12.1 Å². The number of ether oxygens (including phenoxy) is 1. The number of nitrogens with two attached hydrogens (primary N) is 1. The first-order valence-corrected chi connectivity index (χ1v) is 6.17. The van der Waals surface area contributed by atoms with Crippen LogP contribution in [-0.2, 0) is 4.79 Å². The fraction of sp³-hybridized carbons (Fsp3) is 0.538. The van der Waals surface area contributed by atoms with Crippen LogP contribution in [-0.4, -0.2) is 23.5 Å². The molecular weight excluding hydrogens is 230 g/mol. The predicted molar refractivity (Wildman–Crippen MR) is 71.5 cm³/mol. The molecule has 0 saturated heterocycles. The average Bonchev–Trinajstić information content (AvgIpc) is 2.31. The van der Waals surface area contributed by atoms with Gasteiger partial charge in [-0.05, 0) is 38.9 Å². The van der Waals surface area contributed by atoms with Gasteiger partial charge in [0.15, 0.2) is 0 Å². The highest BCUT2D eigenvalue weighted by atomic mass is 16.5. The molecule has 0 aliphatic heterocycles. The molecule has 5 heteroatoms.